The lowest BCUT2D eigenvalue weighted by molar-refractivity contribution is -0.172. The van der Waals surface area contributed by atoms with Gasteiger partial charge in [0.05, 0.1) is 273 Å². The molecule has 0 fully saturated rings. The highest BCUT2D eigenvalue weighted by molar-refractivity contribution is 5.87. The molecule has 1 atom stereocenters. The third kappa shape index (κ3) is 30.6. The van der Waals surface area contributed by atoms with E-state index in [1.54, 1.807) is 42.9 Å². The van der Waals surface area contributed by atoms with E-state index in [9.17, 15) is 19.5 Å². The Kier molecular flexibility index (Phi) is 40.8. The van der Waals surface area contributed by atoms with Gasteiger partial charge in [-0.25, -0.2) is 14.6 Å². The zero-order chi connectivity index (χ0) is 62.2. The first-order valence-electron chi connectivity index (χ1n) is 30.2. The van der Waals surface area contributed by atoms with Crippen LogP contribution in [0.2, 0.25) is 0 Å². The maximum absolute atomic E-state index is 13.4. The van der Waals surface area contributed by atoms with Gasteiger partial charge in [0.25, 0.3) is 5.56 Å². The van der Waals surface area contributed by atoms with Crippen LogP contribution in [0.25, 0.3) is 22.3 Å². The molecule has 0 saturated heterocycles. The number of rotatable bonds is 59. The summed E-state index contributed by atoms with van der Waals surface area (Å²) in [5.41, 5.74) is 0.681. The minimum atomic E-state index is -1.91. The molecule has 0 saturated carbocycles. The number of ether oxygens (including phenoxy) is 22. The summed E-state index contributed by atoms with van der Waals surface area (Å²) in [5, 5.41) is 11.8. The first kappa shape index (κ1) is 74.2. The monoisotopic (exact) mass is 1260 g/mol. The predicted molar refractivity (Wildman–Crippen MR) is 313 cm³/mol. The van der Waals surface area contributed by atoms with Crippen LogP contribution >= 0.6 is 0 Å². The van der Waals surface area contributed by atoms with E-state index < -0.39 is 17.7 Å². The van der Waals surface area contributed by atoms with Gasteiger partial charge in [-0.3, -0.25) is 4.79 Å². The van der Waals surface area contributed by atoms with Gasteiger partial charge in [0.1, 0.15) is 19.0 Å². The largest absolute Gasteiger partial charge is 0.513 e. The predicted octanol–water partition coefficient (Wildman–Crippen LogP) is 2.54. The molecule has 0 unspecified atom stereocenters. The van der Waals surface area contributed by atoms with Crippen molar-refractivity contribution in [3.8, 4) is 17.1 Å². The zero-order valence-electron chi connectivity index (χ0n) is 51.4. The zero-order valence-corrected chi connectivity index (χ0v) is 51.4. The molecule has 28 nitrogen and oxygen atoms in total. The summed E-state index contributed by atoms with van der Waals surface area (Å²) in [6.45, 7) is 18.8. The van der Waals surface area contributed by atoms with Gasteiger partial charge < -0.3 is 114 Å². The Morgan fingerprint density at radius 2 is 0.830 bits per heavy atom. The fourth-order valence-corrected chi connectivity index (χ4v) is 8.32. The van der Waals surface area contributed by atoms with Crippen molar-refractivity contribution in [3.05, 3.63) is 57.4 Å². The fraction of sp³-hybridized carbons (Fsp3) is 0.733. The number of hydrogen-bond donors (Lipinski definition) is 1. The van der Waals surface area contributed by atoms with Crippen LogP contribution in [0, 0.1) is 0 Å². The van der Waals surface area contributed by atoms with Crippen molar-refractivity contribution in [3.63, 3.8) is 0 Å². The number of benzene rings is 1. The smallest absolute Gasteiger partial charge is 0.458 e. The molecule has 1 aromatic carbocycles. The third-order valence-electron chi connectivity index (χ3n) is 12.9. The van der Waals surface area contributed by atoms with E-state index in [1.807, 2.05) is 6.07 Å². The molecule has 1 N–H and O–H groups in total. The van der Waals surface area contributed by atoms with Gasteiger partial charge >= 0.3 is 12.1 Å². The van der Waals surface area contributed by atoms with Gasteiger partial charge in [-0.2, -0.15) is 0 Å². The molecule has 0 aliphatic carbocycles. The van der Waals surface area contributed by atoms with Crippen LogP contribution in [0.4, 0.5) is 4.79 Å². The molecule has 0 bridgehead atoms. The Hall–Kier alpha value is -4.48. The molecule has 4 heterocycles. The highest BCUT2D eigenvalue weighted by Crippen LogP contribution is 2.39. The number of methoxy groups -OCH3 is 1. The number of esters is 1. The molecule has 5 rings (SSSR count). The number of fused-ring (bicyclic) bond motifs is 5. The summed E-state index contributed by atoms with van der Waals surface area (Å²) in [6, 6.07) is 8.47. The Balaban J connectivity index is 0.664. The Bertz CT molecular complexity index is 2370. The molecule has 2 aromatic heterocycles. The summed E-state index contributed by atoms with van der Waals surface area (Å²) >= 11 is 0. The second-order valence-corrected chi connectivity index (χ2v) is 19.2. The molecule has 88 heavy (non-hydrogen) atoms. The first-order valence-corrected chi connectivity index (χ1v) is 30.2. The lowest BCUT2D eigenvalue weighted by atomic mass is 9.86. The maximum Gasteiger partial charge on any atom is 0.513 e. The molecule has 28 heteroatoms. The van der Waals surface area contributed by atoms with E-state index in [-0.39, 0.29) is 55.2 Å². The normalized spacial score (nSPS) is 14.4. The minimum Gasteiger partial charge on any atom is -0.458 e. The van der Waals surface area contributed by atoms with Crippen molar-refractivity contribution >= 4 is 23.0 Å². The van der Waals surface area contributed by atoms with E-state index >= 15 is 0 Å². The average molecular weight is 1260 g/mol. The Labute approximate surface area is 514 Å². The quantitative estimate of drug-likeness (QED) is 0.0377. The average Bonchev–Trinajstić information content (AvgIpc) is 1.68. The number of hydrogen-bond acceptors (Lipinski definition) is 27. The molecule has 0 amide bonds. The van der Waals surface area contributed by atoms with E-state index in [0.717, 1.165) is 5.56 Å². The fourth-order valence-electron chi connectivity index (χ4n) is 8.32. The lowest BCUT2D eigenvalue weighted by Gasteiger charge is -2.31. The number of carbonyl (C=O) groups excluding carboxylic acids is 2. The van der Waals surface area contributed by atoms with Gasteiger partial charge in [0.2, 0.25) is 0 Å². The summed E-state index contributed by atoms with van der Waals surface area (Å²) < 4.78 is 121. The van der Waals surface area contributed by atoms with Crippen LogP contribution in [0.5, 0.6) is 5.75 Å². The van der Waals surface area contributed by atoms with Crippen LogP contribution in [0.15, 0.2) is 35.1 Å². The number of aromatic nitrogens is 2. The molecule has 500 valence electrons. The van der Waals surface area contributed by atoms with Crippen LogP contribution < -0.4 is 10.3 Å². The number of cyclic esters (lactones) is 1. The van der Waals surface area contributed by atoms with Crippen molar-refractivity contribution in [2.75, 3.05) is 258 Å². The van der Waals surface area contributed by atoms with E-state index in [0.29, 0.717) is 260 Å². The standard InChI is InChI=1S/C60H94N2O26/c1-3-60(66)53-46-55-56-50(47-62(55)57(63)52(53)48-87-58(60)64)44-49-45-51(4-5-54(49)61-56)88-59(65)86-43-42-85-41-40-84-39-38-83-37-36-82-35-34-81-33-32-80-31-30-79-29-28-78-27-26-77-25-24-76-23-22-75-21-20-74-19-18-73-17-16-72-15-14-71-13-12-70-11-10-69-9-8-68-7-6-67-2/h4-5,44-46,66H,3,6-43,47-48H2,1-2H3/t60-/m0/s1. The highest BCUT2D eigenvalue weighted by atomic mass is 16.7. The lowest BCUT2D eigenvalue weighted by Crippen LogP contribution is -2.44. The van der Waals surface area contributed by atoms with Crippen molar-refractivity contribution in [1.82, 2.24) is 9.55 Å². The molecule has 2 aliphatic rings. The maximum atomic E-state index is 13.4. The summed E-state index contributed by atoms with van der Waals surface area (Å²) in [4.78, 5) is 43.1. The number of carbonyl (C=O) groups is 2. The van der Waals surface area contributed by atoms with Crippen LogP contribution in [0.3, 0.4) is 0 Å². The van der Waals surface area contributed by atoms with Gasteiger partial charge in [-0.15, -0.1) is 0 Å². The summed E-state index contributed by atoms with van der Waals surface area (Å²) in [6.07, 6.45) is -0.837. The van der Waals surface area contributed by atoms with Crippen molar-refractivity contribution < 1.29 is 119 Å². The molecule has 2 aliphatic heterocycles. The van der Waals surface area contributed by atoms with Gasteiger partial charge in [0, 0.05) is 23.6 Å². The number of aliphatic hydroxyl groups is 1. The second kappa shape index (κ2) is 48.3. The third-order valence-corrected chi connectivity index (χ3v) is 12.9. The first-order chi connectivity index (χ1) is 43.4. The number of pyridine rings is 2. The number of nitrogens with zero attached hydrogens (tertiary/aromatic N) is 2. The van der Waals surface area contributed by atoms with Gasteiger partial charge in [0.15, 0.2) is 5.60 Å². The summed E-state index contributed by atoms with van der Waals surface area (Å²) in [5.74, 6) is -0.526. The molecule has 3 aromatic rings. The molecule has 0 radical (unpaired) electrons. The van der Waals surface area contributed by atoms with Crippen molar-refractivity contribution in [2.24, 2.45) is 0 Å². The van der Waals surface area contributed by atoms with Crippen molar-refractivity contribution in [1.29, 1.82) is 0 Å². The second-order valence-electron chi connectivity index (χ2n) is 19.2. The van der Waals surface area contributed by atoms with Crippen molar-refractivity contribution in [2.45, 2.75) is 32.1 Å². The minimum absolute atomic E-state index is 0.0187. The Morgan fingerprint density at radius 3 is 1.17 bits per heavy atom. The summed E-state index contributed by atoms with van der Waals surface area (Å²) in [7, 11) is 1.64. The molecular formula is C60H94N2O26. The SMILES string of the molecule is CC[C@@]1(O)C(=O)OCc2c1cc1n(c2=O)Cc2cc3cc(OC(=O)OCCOCCOCCOCCOCCOCCOCCOCCOCCOCCOCCOCCOCCOCCOCCOCCOCCOCCOCCOC)ccc3nc2-1. The van der Waals surface area contributed by atoms with E-state index in [1.165, 1.54) is 0 Å². The van der Waals surface area contributed by atoms with Crippen LogP contribution in [-0.4, -0.2) is 285 Å². The Morgan fingerprint density at radius 1 is 0.489 bits per heavy atom. The van der Waals surface area contributed by atoms with Gasteiger partial charge in [-0.1, -0.05) is 6.92 Å². The van der Waals surface area contributed by atoms with Gasteiger partial charge in [-0.05, 0) is 36.8 Å². The highest BCUT2D eigenvalue weighted by Gasteiger charge is 2.45. The van der Waals surface area contributed by atoms with Crippen LogP contribution in [-0.2, 0) is 123 Å². The van der Waals surface area contributed by atoms with E-state index in [2.05, 4.69) is 0 Å². The molecular weight excluding hydrogens is 1160 g/mol. The van der Waals surface area contributed by atoms with E-state index in [4.69, 9.17) is 109 Å². The van der Waals surface area contributed by atoms with Crippen LogP contribution in [0.1, 0.15) is 30.0 Å². The molecule has 0 spiro atoms. The topological polar surface area (TPSA) is 292 Å².